The van der Waals surface area contributed by atoms with Crippen LogP contribution in [-0.4, -0.2) is 61.3 Å². The van der Waals surface area contributed by atoms with E-state index in [0.717, 1.165) is 36.5 Å². The fourth-order valence-electron chi connectivity index (χ4n) is 3.88. The minimum Gasteiger partial charge on any atom is -0.382 e. The molecule has 1 aliphatic rings. The normalized spacial score (nSPS) is 15.8. The van der Waals surface area contributed by atoms with Gasteiger partial charge in [0.15, 0.2) is 22.8 Å². The maximum atomic E-state index is 11.8. The topological polar surface area (TPSA) is 112 Å². The predicted octanol–water partition coefficient (Wildman–Crippen LogP) is 2.87. The van der Waals surface area contributed by atoms with Crippen LogP contribution in [0.25, 0.3) is 28.4 Å². The molecule has 0 spiro atoms. The molecule has 0 amide bonds. The van der Waals surface area contributed by atoms with Crippen molar-refractivity contribution in [2.75, 3.05) is 37.2 Å². The van der Waals surface area contributed by atoms with Crippen molar-refractivity contribution in [3.8, 4) is 17.2 Å². The highest BCUT2D eigenvalue weighted by molar-refractivity contribution is 7.84. The Bertz CT molecular complexity index is 1270. The first-order valence-corrected chi connectivity index (χ1v) is 12.7. The zero-order valence-electron chi connectivity index (χ0n) is 17.8. The van der Waals surface area contributed by atoms with Crippen LogP contribution in [0.5, 0.6) is 0 Å². The Balaban J connectivity index is 1.67. The Hall–Kier alpha value is -2.89. The lowest BCUT2D eigenvalue weighted by Crippen LogP contribution is -2.37. The second-order valence-corrected chi connectivity index (χ2v) is 9.73. The quantitative estimate of drug-likeness (QED) is 0.475. The average Bonchev–Trinajstić information content (AvgIpc) is 3.47. The fourth-order valence-corrected chi connectivity index (χ4v) is 4.92. The number of rotatable bonds is 5. The summed E-state index contributed by atoms with van der Waals surface area (Å²) in [5.41, 5.74) is 10.1. The third kappa shape index (κ3) is 3.76. The molecule has 11 heteroatoms. The molecule has 0 radical (unpaired) electrons. The molecule has 1 aromatic carbocycles. The van der Waals surface area contributed by atoms with Crippen molar-refractivity contribution in [1.82, 2.24) is 24.5 Å². The molecule has 9 nitrogen and oxygen atoms in total. The standard InChI is InChI=1S/C21H23N7O2S2/c1-27(14-7-9-30-10-8-14)21-25-18(22)17-20(26-21)28(16-11-31-12-23-16)19(24-17)13-3-5-15(6-4-13)32(2)29/h3-6,11-12,14H,7-10H2,1-2H3,(H2,22,25,26). The van der Waals surface area contributed by atoms with Gasteiger partial charge in [0.25, 0.3) is 0 Å². The summed E-state index contributed by atoms with van der Waals surface area (Å²) in [6, 6.07) is 7.78. The van der Waals surface area contributed by atoms with Gasteiger partial charge in [-0.3, -0.25) is 8.78 Å². The van der Waals surface area contributed by atoms with Crippen LogP contribution in [0.4, 0.5) is 11.8 Å². The highest BCUT2D eigenvalue weighted by Gasteiger charge is 2.25. The molecule has 4 aromatic rings. The van der Waals surface area contributed by atoms with Crippen molar-refractivity contribution in [2.45, 2.75) is 23.8 Å². The van der Waals surface area contributed by atoms with Crippen LogP contribution < -0.4 is 10.6 Å². The molecular formula is C21H23N7O2S2. The summed E-state index contributed by atoms with van der Waals surface area (Å²) in [6.07, 6.45) is 3.49. The minimum atomic E-state index is -1.05. The number of benzene rings is 1. The van der Waals surface area contributed by atoms with E-state index in [2.05, 4.69) is 14.9 Å². The van der Waals surface area contributed by atoms with Crippen LogP contribution in [0.2, 0.25) is 0 Å². The highest BCUT2D eigenvalue weighted by atomic mass is 32.2. The van der Waals surface area contributed by atoms with E-state index in [-0.39, 0.29) is 6.04 Å². The lowest BCUT2D eigenvalue weighted by atomic mass is 10.1. The number of anilines is 2. The number of thiazole rings is 1. The highest BCUT2D eigenvalue weighted by Crippen LogP contribution is 2.31. The number of hydrogen-bond donors (Lipinski definition) is 1. The van der Waals surface area contributed by atoms with E-state index in [9.17, 15) is 4.21 Å². The van der Waals surface area contributed by atoms with Crippen molar-refractivity contribution in [3.05, 3.63) is 35.2 Å². The summed E-state index contributed by atoms with van der Waals surface area (Å²) in [7, 11) is 0.938. The molecule has 5 rings (SSSR count). The maximum absolute atomic E-state index is 11.8. The van der Waals surface area contributed by atoms with Crippen molar-refractivity contribution < 1.29 is 8.95 Å². The monoisotopic (exact) mass is 469 g/mol. The minimum absolute atomic E-state index is 0.290. The molecule has 1 atom stereocenters. The number of ether oxygens (including phenoxy) is 1. The average molecular weight is 470 g/mol. The Labute approximate surface area is 191 Å². The summed E-state index contributed by atoms with van der Waals surface area (Å²) in [5, 5.41) is 1.94. The Morgan fingerprint density at radius 1 is 1.19 bits per heavy atom. The van der Waals surface area contributed by atoms with Gasteiger partial charge >= 0.3 is 0 Å². The van der Waals surface area contributed by atoms with Gasteiger partial charge in [-0.1, -0.05) is 12.1 Å². The van der Waals surface area contributed by atoms with E-state index in [1.54, 1.807) is 11.8 Å². The third-order valence-electron chi connectivity index (χ3n) is 5.67. The van der Waals surface area contributed by atoms with E-state index in [1.165, 1.54) is 11.3 Å². The molecule has 32 heavy (non-hydrogen) atoms. The van der Waals surface area contributed by atoms with Gasteiger partial charge in [0.05, 0.1) is 5.51 Å². The second-order valence-electron chi connectivity index (χ2n) is 7.63. The zero-order valence-corrected chi connectivity index (χ0v) is 19.4. The van der Waals surface area contributed by atoms with E-state index in [4.69, 9.17) is 20.4 Å². The van der Waals surface area contributed by atoms with Crippen LogP contribution in [0, 0.1) is 0 Å². The molecule has 1 unspecified atom stereocenters. The number of nitrogens with zero attached hydrogens (tertiary/aromatic N) is 6. The van der Waals surface area contributed by atoms with Gasteiger partial charge in [-0.05, 0) is 25.0 Å². The number of imidazole rings is 1. The Morgan fingerprint density at radius 3 is 2.59 bits per heavy atom. The first-order valence-electron chi connectivity index (χ1n) is 10.2. The number of fused-ring (bicyclic) bond motifs is 1. The van der Waals surface area contributed by atoms with E-state index < -0.39 is 10.8 Å². The summed E-state index contributed by atoms with van der Waals surface area (Å²) >= 11 is 1.50. The molecule has 1 saturated heterocycles. The summed E-state index contributed by atoms with van der Waals surface area (Å²) in [5.74, 6) is 2.26. The first-order chi connectivity index (χ1) is 15.5. The number of aromatic nitrogens is 5. The SMILES string of the molecule is CN(c1nc(N)c2nc(-c3ccc(S(C)=O)cc3)n(-c3cscn3)c2n1)C1CCOCC1. The smallest absolute Gasteiger partial charge is 0.229 e. The van der Waals surface area contributed by atoms with Crippen molar-refractivity contribution in [1.29, 1.82) is 0 Å². The number of hydrogen-bond acceptors (Lipinski definition) is 9. The van der Waals surface area contributed by atoms with E-state index in [1.807, 2.05) is 41.3 Å². The molecule has 0 saturated carbocycles. The van der Waals surface area contributed by atoms with Gasteiger partial charge in [0.2, 0.25) is 5.95 Å². The molecule has 0 aliphatic carbocycles. The van der Waals surface area contributed by atoms with Crippen LogP contribution in [-0.2, 0) is 15.5 Å². The van der Waals surface area contributed by atoms with Gasteiger partial charge in [0, 0.05) is 59.2 Å². The van der Waals surface area contributed by atoms with Gasteiger partial charge in [0.1, 0.15) is 5.82 Å². The number of nitrogens with two attached hydrogens (primary N) is 1. The van der Waals surface area contributed by atoms with E-state index >= 15 is 0 Å². The lowest BCUT2D eigenvalue weighted by molar-refractivity contribution is 0.0852. The van der Waals surface area contributed by atoms with Crippen LogP contribution in [0.3, 0.4) is 0 Å². The zero-order chi connectivity index (χ0) is 22.2. The molecule has 1 fully saturated rings. The molecule has 3 aromatic heterocycles. The molecule has 1 aliphatic heterocycles. The molecule has 2 N–H and O–H groups in total. The number of nitrogen functional groups attached to an aromatic ring is 1. The molecule has 0 bridgehead atoms. The van der Waals surface area contributed by atoms with Gasteiger partial charge < -0.3 is 15.4 Å². The van der Waals surface area contributed by atoms with E-state index in [0.29, 0.717) is 34.6 Å². The van der Waals surface area contributed by atoms with Gasteiger partial charge in [-0.15, -0.1) is 11.3 Å². The van der Waals surface area contributed by atoms with Crippen LogP contribution in [0.15, 0.2) is 40.1 Å². The summed E-state index contributed by atoms with van der Waals surface area (Å²) in [4.78, 5) is 21.5. The van der Waals surface area contributed by atoms with Gasteiger partial charge in [-0.2, -0.15) is 9.97 Å². The molecular weight excluding hydrogens is 446 g/mol. The lowest BCUT2D eigenvalue weighted by Gasteiger charge is -2.31. The molecule has 166 valence electrons. The third-order valence-corrected chi connectivity index (χ3v) is 7.18. The van der Waals surface area contributed by atoms with Gasteiger partial charge in [-0.25, -0.2) is 9.97 Å². The Morgan fingerprint density at radius 2 is 1.94 bits per heavy atom. The van der Waals surface area contributed by atoms with Crippen molar-refractivity contribution >= 4 is 45.1 Å². The van der Waals surface area contributed by atoms with Crippen molar-refractivity contribution in [3.63, 3.8) is 0 Å². The van der Waals surface area contributed by atoms with Crippen LogP contribution in [0.1, 0.15) is 12.8 Å². The summed E-state index contributed by atoms with van der Waals surface area (Å²) in [6.45, 7) is 1.46. The first kappa shape index (κ1) is 21.0. The summed E-state index contributed by atoms with van der Waals surface area (Å²) < 4.78 is 19.2. The fraction of sp³-hybridized carbons (Fsp3) is 0.333. The van der Waals surface area contributed by atoms with Crippen molar-refractivity contribution in [2.24, 2.45) is 0 Å². The Kier molecular flexibility index (Phi) is 5.62. The largest absolute Gasteiger partial charge is 0.382 e. The van der Waals surface area contributed by atoms with Crippen LogP contribution >= 0.6 is 11.3 Å². The predicted molar refractivity (Wildman–Crippen MR) is 127 cm³/mol. The second kappa shape index (κ2) is 8.57. The maximum Gasteiger partial charge on any atom is 0.229 e. The molecule has 4 heterocycles.